The molecule has 4 rings (SSSR count). The number of halogens is 2. The lowest BCUT2D eigenvalue weighted by Gasteiger charge is -2.22. The molecule has 0 saturated carbocycles. The molecule has 1 aromatic heterocycles. The normalized spacial score (nSPS) is 15.8. The Hall–Kier alpha value is -1.58. The van der Waals surface area contributed by atoms with Gasteiger partial charge in [0.25, 0.3) is 5.91 Å². The molecule has 1 heterocycles. The van der Waals surface area contributed by atoms with E-state index in [1.165, 1.54) is 23.2 Å². The fraction of sp³-hybridized carbons (Fsp3) is 0.368. The maximum Gasteiger partial charge on any atom is 0.257 e. The standard InChI is InChI=1S/C19H18Cl2N2O/c20-11-8-9-12(15(21)10-11)19(24)23-18-13-4-1-2-6-16(13)22-17-7-3-5-14(17)18/h8-10H,1-7H2,(H,22,23,24). The molecule has 0 radical (unpaired) electrons. The third-order valence-electron chi connectivity index (χ3n) is 4.92. The first-order valence-electron chi connectivity index (χ1n) is 8.43. The second-order valence-corrected chi connectivity index (χ2v) is 7.32. The van der Waals surface area contributed by atoms with E-state index in [0.717, 1.165) is 49.9 Å². The molecule has 0 unspecified atom stereocenters. The molecule has 5 heteroatoms. The highest BCUT2D eigenvalue weighted by Crippen LogP contribution is 2.36. The van der Waals surface area contributed by atoms with Crippen molar-refractivity contribution in [2.24, 2.45) is 0 Å². The average Bonchev–Trinajstić information content (AvgIpc) is 3.02. The van der Waals surface area contributed by atoms with Gasteiger partial charge >= 0.3 is 0 Å². The number of benzene rings is 1. The number of nitrogens with zero attached hydrogens (tertiary/aromatic N) is 1. The van der Waals surface area contributed by atoms with Crippen molar-refractivity contribution in [1.29, 1.82) is 0 Å². The van der Waals surface area contributed by atoms with Gasteiger partial charge in [0.1, 0.15) is 0 Å². The maximum absolute atomic E-state index is 12.8. The minimum Gasteiger partial charge on any atom is -0.321 e. The Bertz CT molecular complexity index is 833. The van der Waals surface area contributed by atoms with E-state index in [4.69, 9.17) is 28.2 Å². The molecule has 1 amide bonds. The highest BCUT2D eigenvalue weighted by Gasteiger charge is 2.26. The number of carbonyl (C=O) groups excluding carboxylic acids is 1. The SMILES string of the molecule is O=C(Nc1c2c(nc3c1CCC3)CCCC2)c1ccc(Cl)cc1Cl. The molecular formula is C19H18Cl2N2O. The molecule has 0 fully saturated rings. The van der Waals surface area contributed by atoms with Crippen LogP contribution in [0.2, 0.25) is 10.0 Å². The van der Waals surface area contributed by atoms with Crippen LogP contribution in [-0.2, 0) is 25.7 Å². The zero-order chi connectivity index (χ0) is 16.7. The van der Waals surface area contributed by atoms with Gasteiger partial charge in [-0.3, -0.25) is 9.78 Å². The molecule has 0 aliphatic heterocycles. The molecule has 2 aromatic rings. The Labute approximate surface area is 151 Å². The van der Waals surface area contributed by atoms with Crippen LogP contribution >= 0.6 is 23.2 Å². The highest BCUT2D eigenvalue weighted by molar-refractivity contribution is 6.37. The van der Waals surface area contributed by atoms with Crippen molar-refractivity contribution in [3.8, 4) is 0 Å². The molecule has 0 bridgehead atoms. The predicted octanol–water partition coefficient (Wildman–Crippen LogP) is 5.01. The number of carbonyl (C=O) groups is 1. The number of rotatable bonds is 2. The quantitative estimate of drug-likeness (QED) is 0.817. The number of aryl methyl sites for hydroxylation is 2. The fourth-order valence-electron chi connectivity index (χ4n) is 3.75. The summed E-state index contributed by atoms with van der Waals surface area (Å²) in [6, 6.07) is 4.97. The molecule has 0 spiro atoms. The lowest BCUT2D eigenvalue weighted by molar-refractivity contribution is 0.102. The maximum atomic E-state index is 12.8. The zero-order valence-electron chi connectivity index (χ0n) is 13.3. The summed E-state index contributed by atoms with van der Waals surface area (Å²) in [4.78, 5) is 17.6. The van der Waals surface area contributed by atoms with Gasteiger partial charge in [0, 0.05) is 16.4 Å². The van der Waals surface area contributed by atoms with Crippen LogP contribution in [0.25, 0.3) is 0 Å². The average molecular weight is 361 g/mol. The molecular weight excluding hydrogens is 343 g/mol. The van der Waals surface area contributed by atoms with Gasteiger partial charge in [-0.2, -0.15) is 0 Å². The first-order valence-corrected chi connectivity index (χ1v) is 9.19. The second-order valence-electron chi connectivity index (χ2n) is 6.48. The minimum absolute atomic E-state index is 0.176. The van der Waals surface area contributed by atoms with Gasteiger partial charge in [0.05, 0.1) is 16.3 Å². The van der Waals surface area contributed by atoms with E-state index in [0.29, 0.717) is 15.6 Å². The molecule has 2 aliphatic carbocycles. The number of nitrogens with one attached hydrogen (secondary N) is 1. The Kier molecular flexibility index (Phi) is 4.23. The van der Waals surface area contributed by atoms with Gasteiger partial charge in [-0.15, -0.1) is 0 Å². The number of aromatic nitrogens is 1. The molecule has 124 valence electrons. The summed E-state index contributed by atoms with van der Waals surface area (Å²) < 4.78 is 0. The summed E-state index contributed by atoms with van der Waals surface area (Å²) in [5.41, 5.74) is 6.21. The van der Waals surface area contributed by atoms with Gasteiger partial charge in [-0.05, 0) is 74.3 Å². The first kappa shape index (κ1) is 15.9. The monoisotopic (exact) mass is 360 g/mol. The van der Waals surface area contributed by atoms with Crippen molar-refractivity contribution in [2.45, 2.75) is 44.9 Å². The Balaban J connectivity index is 1.74. The fourth-order valence-corrected chi connectivity index (χ4v) is 4.25. The first-order chi connectivity index (χ1) is 11.6. The molecule has 3 nitrogen and oxygen atoms in total. The number of anilines is 1. The number of hydrogen-bond acceptors (Lipinski definition) is 2. The Morgan fingerprint density at radius 3 is 2.38 bits per heavy atom. The van der Waals surface area contributed by atoms with Crippen molar-refractivity contribution in [3.05, 3.63) is 56.3 Å². The molecule has 1 N–H and O–H groups in total. The topological polar surface area (TPSA) is 42.0 Å². The van der Waals surface area contributed by atoms with Crippen molar-refractivity contribution in [3.63, 3.8) is 0 Å². The van der Waals surface area contributed by atoms with Crippen molar-refractivity contribution in [2.75, 3.05) is 5.32 Å². The van der Waals surface area contributed by atoms with E-state index >= 15 is 0 Å². The summed E-state index contributed by atoms with van der Waals surface area (Å²) in [5, 5.41) is 4.04. The Morgan fingerprint density at radius 1 is 0.958 bits per heavy atom. The van der Waals surface area contributed by atoms with E-state index in [1.54, 1.807) is 18.2 Å². The van der Waals surface area contributed by atoms with Gasteiger partial charge in [0.2, 0.25) is 0 Å². The summed E-state index contributed by atoms with van der Waals surface area (Å²) in [6.07, 6.45) is 7.42. The smallest absolute Gasteiger partial charge is 0.257 e. The summed E-state index contributed by atoms with van der Waals surface area (Å²) >= 11 is 12.1. The largest absolute Gasteiger partial charge is 0.321 e. The number of amides is 1. The van der Waals surface area contributed by atoms with Crippen molar-refractivity contribution < 1.29 is 4.79 Å². The molecule has 24 heavy (non-hydrogen) atoms. The lowest BCUT2D eigenvalue weighted by atomic mass is 9.92. The molecule has 2 aliphatic rings. The van der Waals surface area contributed by atoms with E-state index in [2.05, 4.69) is 5.32 Å². The van der Waals surface area contributed by atoms with E-state index in [-0.39, 0.29) is 5.91 Å². The van der Waals surface area contributed by atoms with Crippen molar-refractivity contribution >= 4 is 34.8 Å². The van der Waals surface area contributed by atoms with Gasteiger partial charge in [0.15, 0.2) is 0 Å². The van der Waals surface area contributed by atoms with Crippen LogP contribution < -0.4 is 5.32 Å². The van der Waals surface area contributed by atoms with Crippen LogP contribution in [0.1, 0.15) is 52.1 Å². The summed E-state index contributed by atoms with van der Waals surface area (Å²) in [5.74, 6) is -0.176. The highest BCUT2D eigenvalue weighted by atomic mass is 35.5. The van der Waals surface area contributed by atoms with Crippen molar-refractivity contribution in [1.82, 2.24) is 4.98 Å². The number of pyridine rings is 1. The van der Waals surface area contributed by atoms with Crippen LogP contribution in [0.3, 0.4) is 0 Å². The summed E-state index contributed by atoms with van der Waals surface area (Å²) in [6.45, 7) is 0. The van der Waals surface area contributed by atoms with E-state index in [1.807, 2.05) is 0 Å². The van der Waals surface area contributed by atoms with Crippen LogP contribution in [0.15, 0.2) is 18.2 Å². The zero-order valence-corrected chi connectivity index (χ0v) is 14.8. The third kappa shape index (κ3) is 2.80. The number of hydrogen-bond donors (Lipinski definition) is 1. The number of fused-ring (bicyclic) bond motifs is 2. The minimum atomic E-state index is -0.176. The van der Waals surface area contributed by atoms with E-state index in [9.17, 15) is 4.79 Å². The van der Waals surface area contributed by atoms with Gasteiger partial charge < -0.3 is 5.32 Å². The van der Waals surface area contributed by atoms with Crippen LogP contribution in [0.5, 0.6) is 0 Å². The molecule has 1 aromatic carbocycles. The van der Waals surface area contributed by atoms with Crippen LogP contribution in [-0.4, -0.2) is 10.9 Å². The lowest BCUT2D eigenvalue weighted by Crippen LogP contribution is -2.19. The van der Waals surface area contributed by atoms with Gasteiger partial charge in [-0.25, -0.2) is 0 Å². The molecule has 0 atom stereocenters. The molecule has 0 saturated heterocycles. The van der Waals surface area contributed by atoms with Crippen LogP contribution in [0.4, 0.5) is 5.69 Å². The second kappa shape index (κ2) is 6.38. The van der Waals surface area contributed by atoms with Gasteiger partial charge in [-0.1, -0.05) is 23.2 Å². The summed E-state index contributed by atoms with van der Waals surface area (Å²) in [7, 11) is 0. The third-order valence-corrected chi connectivity index (χ3v) is 5.46. The van der Waals surface area contributed by atoms with E-state index < -0.39 is 0 Å². The van der Waals surface area contributed by atoms with Crippen LogP contribution in [0, 0.1) is 0 Å². The Morgan fingerprint density at radius 2 is 1.62 bits per heavy atom. The predicted molar refractivity (Wildman–Crippen MR) is 97.3 cm³/mol.